The standard InChI is InChI=1S/C24H26ClNO6/c1-14(2)32-12-4-11-26-21(15-5-7-16(27)8-6-15)20(23(29)24(26)30)22(28)18-13-17(31-3)9-10-19(18)25/h5-10,13-14,21,27-28H,4,11-12H2,1-3H3/b22-20+. The number of Topliss-reactive ketones (excluding diaryl/α,β-unsaturated/α-hetero) is 1. The van der Waals surface area contributed by atoms with E-state index in [9.17, 15) is 19.8 Å². The van der Waals surface area contributed by atoms with Gasteiger partial charge in [-0.25, -0.2) is 0 Å². The summed E-state index contributed by atoms with van der Waals surface area (Å²) in [6.45, 7) is 4.51. The number of benzene rings is 2. The highest BCUT2D eigenvalue weighted by molar-refractivity contribution is 6.47. The van der Waals surface area contributed by atoms with Crippen LogP contribution in [0, 0.1) is 0 Å². The lowest BCUT2D eigenvalue weighted by Gasteiger charge is -2.25. The summed E-state index contributed by atoms with van der Waals surface area (Å²) >= 11 is 6.28. The molecular formula is C24H26ClNO6. The lowest BCUT2D eigenvalue weighted by atomic mass is 9.95. The molecule has 1 saturated heterocycles. The first-order valence-corrected chi connectivity index (χ1v) is 10.6. The predicted molar refractivity (Wildman–Crippen MR) is 121 cm³/mol. The van der Waals surface area contributed by atoms with Crippen molar-refractivity contribution in [3.8, 4) is 11.5 Å². The van der Waals surface area contributed by atoms with Gasteiger partial charge in [0.15, 0.2) is 0 Å². The minimum absolute atomic E-state index is 0.0480. The van der Waals surface area contributed by atoms with Gasteiger partial charge in [0.1, 0.15) is 17.3 Å². The van der Waals surface area contributed by atoms with Crippen molar-refractivity contribution in [2.24, 2.45) is 0 Å². The second-order valence-corrected chi connectivity index (χ2v) is 8.11. The first-order chi connectivity index (χ1) is 15.2. The van der Waals surface area contributed by atoms with Crippen molar-refractivity contribution in [3.63, 3.8) is 0 Å². The number of carbonyl (C=O) groups excluding carboxylic acids is 2. The summed E-state index contributed by atoms with van der Waals surface area (Å²) in [6.07, 6.45) is 0.563. The van der Waals surface area contributed by atoms with Crippen LogP contribution in [0.5, 0.6) is 11.5 Å². The van der Waals surface area contributed by atoms with Gasteiger partial charge < -0.3 is 24.6 Å². The molecule has 2 N–H and O–H groups in total. The molecule has 1 heterocycles. The van der Waals surface area contributed by atoms with Gasteiger partial charge in [-0.15, -0.1) is 0 Å². The SMILES string of the molecule is COc1ccc(Cl)c(/C(O)=C2\C(=O)C(=O)N(CCCOC(C)C)C2c2ccc(O)cc2)c1. The number of carbonyl (C=O) groups is 2. The Labute approximate surface area is 191 Å². The minimum atomic E-state index is -0.836. The molecule has 1 aliphatic heterocycles. The molecule has 1 aliphatic rings. The molecule has 1 atom stereocenters. The molecule has 170 valence electrons. The Morgan fingerprint density at radius 2 is 1.84 bits per heavy atom. The zero-order valence-electron chi connectivity index (χ0n) is 18.2. The molecule has 0 spiro atoms. The zero-order valence-corrected chi connectivity index (χ0v) is 18.9. The quantitative estimate of drug-likeness (QED) is 0.264. The molecule has 7 nitrogen and oxygen atoms in total. The number of aliphatic hydroxyl groups is 1. The third kappa shape index (κ3) is 4.89. The van der Waals surface area contributed by atoms with Crippen LogP contribution >= 0.6 is 11.6 Å². The molecule has 3 rings (SSSR count). The number of ether oxygens (including phenoxy) is 2. The Balaban J connectivity index is 2.08. The smallest absolute Gasteiger partial charge is 0.295 e. The fourth-order valence-electron chi connectivity index (χ4n) is 3.63. The van der Waals surface area contributed by atoms with E-state index in [1.165, 1.54) is 30.2 Å². The van der Waals surface area contributed by atoms with Crippen molar-refractivity contribution < 1.29 is 29.3 Å². The number of hydrogen-bond acceptors (Lipinski definition) is 6. The van der Waals surface area contributed by atoms with Gasteiger partial charge in [-0.05, 0) is 56.2 Å². The molecule has 1 fully saturated rings. The van der Waals surface area contributed by atoms with E-state index in [1.54, 1.807) is 24.3 Å². The summed E-state index contributed by atoms with van der Waals surface area (Å²) in [5.74, 6) is -1.41. The highest BCUT2D eigenvalue weighted by Gasteiger charge is 2.46. The minimum Gasteiger partial charge on any atom is -0.508 e. The second-order valence-electron chi connectivity index (χ2n) is 7.70. The molecule has 32 heavy (non-hydrogen) atoms. The Hall–Kier alpha value is -3.03. The second kappa shape index (κ2) is 10.1. The lowest BCUT2D eigenvalue weighted by Crippen LogP contribution is -2.31. The number of nitrogens with zero attached hydrogens (tertiary/aromatic N) is 1. The first kappa shape index (κ1) is 23.6. The van der Waals surface area contributed by atoms with Crippen LogP contribution in [0.3, 0.4) is 0 Å². The number of ketones is 1. The van der Waals surface area contributed by atoms with Crippen LogP contribution < -0.4 is 4.74 Å². The van der Waals surface area contributed by atoms with E-state index < -0.39 is 17.7 Å². The van der Waals surface area contributed by atoms with Crippen LogP contribution in [0.15, 0.2) is 48.0 Å². The van der Waals surface area contributed by atoms with E-state index >= 15 is 0 Å². The summed E-state index contributed by atoms with van der Waals surface area (Å²) in [4.78, 5) is 27.4. The van der Waals surface area contributed by atoms with Crippen molar-refractivity contribution in [1.82, 2.24) is 4.90 Å². The summed E-state index contributed by atoms with van der Waals surface area (Å²) in [5, 5.41) is 21.0. The molecule has 8 heteroatoms. The number of phenolic OH excluding ortho intramolecular Hbond substituents is 1. The van der Waals surface area contributed by atoms with Crippen molar-refractivity contribution in [2.75, 3.05) is 20.3 Å². The van der Waals surface area contributed by atoms with E-state index in [-0.39, 0.29) is 40.3 Å². The van der Waals surface area contributed by atoms with Crippen LogP contribution in [0.2, 0.25) is 5.02 Å². The zero-order chi connectivity index (χ0) is 23.4. The van der Waals surface area contributed by atoms with Crippen LogP contribution in [-0.2, 0) is 14.3 Å². The average molecular weight is 460 g/mol. The number of aliphatic hydroxyl groups excluding tert-OH is 1. The van der Waals surface area contributed by atoms with Gasteiger partial charge in [-0.2, -0.15) is 0 Å². The van der Waals surface area contributed by atoms with Gasteiger partial charge in [0.25, 0.3) is 11.7 Å². The Kier molecular flexibility index (Phi) is 7.43. The molecular weight excluding hydrogens is 434 g/mol. The molecule has 2 aromatic rings. The van der Waals surface area contributed by atoms with E-state index in [4.69, 9.17) is 21.1 Å². The van der Waals surface area contributed by atoms with E-state index in [0.717, 1.165) is 0 Å². The maximum absolute atomic E-state index is 13.0. The van der Waals surface area contributed by atoms with Crippen LogP contribution in [0.25, 0.3) is 5.76 Å². The fraction of sp³-hybridized carbons (Fsp3) is 0.333. The molecule has 2 aromatic carbocycles. The van der Waals surface area contributed by atoms with Crippen LogP contribution in [0.1, 0.15) is 37.4 Å². The maximum Gasteiger partial charge on any atom is 0.295 e. The number of hydrogen-bond donors (Lipinski definition) is 2. The van der Waals surface area contributed by atoms with Crippen molar-refractivity contribution in [3.05, 3.63) is 64.2 Å². The van der Waals surface area contributed by atoms with Gasteiger partial charge in [-0.3, -0.25) is 9.59 Å². The normalized spacial score (nSPS) is 17.9. The fourth-order valence-corrected chi connectivity index (χ4v) is 3.83. The number of methoxy groups -OCH3 is 1. The topological polar surface area (TPSA) is 96.3 Å². The predicted octanol–water partition coefficient (Wildman–Crippen LogP) is 4.29. The molecule has 1 amide bonds. The summed E-state index contributed by atoms with van der Waals surface area (Å²) < 4.78 is 10.8. The van der Waals surface area contributed by atoms with Gasteiger partial charge in [0, 0.05) is 18.7 Å². The Morgan fingerprint density at radius 3 is 2.47 bits per heavy atom. The molecule has 0 radical (unpaired) electrons. The monoisotopic (exact) mass is 459 g/mol. The third-order valence-corrected chi connectivity index (χ3v) is 5.50. The number of halogens is 1. The van der Waals surface area contributed by atoms with E-state index in [1.807, 2.05) is 13.8 Å². The lowest BCUT2D eigenvalue weighted by molar-refractivity contribution is -0.140. The third-order valence-electron chi connectivity index (χ3n) is 5.17. The van der Waals surface area contributed by atoms with Crippen molar-refractivity contribution in [2.45, 2.75) is 32.4 Å². The van der Waals surface area contributed by atoms with Crippen molar-refractivity contribution >= 4 is 29.1 Å². The number of rotatable bonds is 8. The molecule has 1 unspecified atom stereocenters. The Bertz CT molecular complexity index is 1030. The summed E-state index contributed by atoms with van der Waals surface area (Å²) in [6, 6.07) is 10.0. The molecule has 0 aliphatic carbocycles. The highest BCUT2D eigenvalue weighted by atomic mass is 35.5. The average Bonchev–Trinajstić information content (AvgIpc) is 3.02. The van der Waals surface area contributed by atoms with Gasteiger partial charge in [0.05, 0.1) is 29.9 Å². The largest absolute Gasteiger partial charge is 0.508 e. The van der Waals surface area contributed by atoms with Crippen LogP contribution in [-0.4, -0.2) is 53.2 Å². The highest BCUT2D eigenvalue weighted by Crippen LogP contribution is 2.41. The number of phenols is 1. The van der Waals surface area contributed by atoms with Gasteiger partial charge in [-0.1, -0.05) is 23.7 Å². The van der Waals surface area contributed by atoms with Gasteiger partial charge >= 0.3 is 0 Å². The first-order valence-electron chi connectivity index (χ1n) is 10.3. The van der Waals surface area contributed by atoms with Gasteiger partial charge in [0.2, 0.25) is 0 Å². The number of amides is 1. The van der Waals surface area contributed by atoms with Crippen LogP contribution in [0.4, 0.5) is 0 Å². The van der Waals surface area contributed by atoms with Crippen molar-refractivity contribution in [1.29, 1.82) is 0 Å². The molecule has 0 bridgehead atoms. The molecule has 0 saturated carbocycles. The number of aromatic hydroxyl groups is 1. The Morgan fingerprint density at radius 1 is 1.16 bits per heavy atom. The summed E-state index contributed by atoms with van der Waals surface area (Å²) in [7, 11) is 1.47. The van der Waals surface area contributed by atoms with E-state index in [2.05, 4.69) is 0 Å². The maximum atomic E-state index is 13.0. The summed E-state index contributed by atoms with van der Waals surface area (Å²) in [5.41, 5.74) is 0.698. The number of likely N-dealkylation sites (tertiary alicyclic amines) is 1. The van der Waals surface area contributed by atoms with E-state index in [0.29, 0.717) is 24.3 Å². The molecule has 0 aromatic heterocycles.